The van der Waals surface area contributed by atoms with Gasteiger partial charge < -0.3 is 0 Å². The van der Waals surface area contributed by atoms with Gasteiger partial charge in [-0.05, 0) is 0 Å². The number of amides is 1. The first kappa shape index (κ1) is 17.6. The molecule has 1 aliphatic heterocycles. The Balaban J connectivity index is 1.98. The number of nitrogens with zero attached hydrogens (tertiary/aromatic N) is 2. The van der Waals surface area contributed by atoms with Crippen LogP contribution >= 0.6 is 15.9 Å². The Morgan fingerprint density at radius 3 is 2.95 bits per heavy atom. The molecule has 0 saturated carbocycles. The van der Waals surface area contributed by atoms with Gasteiger partial charge in [0.25, 0.3) is 0 Å². The summed E-state index contributed by atoms with van der Waals surface area (Å²) < 4.78 is 7.29. The molecule has 1 fully saturated rings. The van der Waals surface area contributed by atoms with Crippen molar-refractivity contribution in [2.24, 2.45) is 0 Å². The molecule has 1 saturated heterocycles. The van der Waals surface area contributed by atoms with E-state index in [0.29, 0.717) is 6.54 Å². The molecule has 2 heterocycles. The van der Waals surface area contributed by atoms with Crippen LogP contribution in [-0.2, 0) is 4.74 Å². The molecule has 120 valence electrons. The predicted octanol–water partition coefficient (Wildman–Crippen LogP) is 2.45. The van der Waals surface area contributed by atoms with Crippen molar-refractivity contribution in [3.05, 3.63) is 16.9 Å². The third kappa shape index (κ3) is 5.16. The Morgan fingerprint density at radius 1 is 1.55 bits per heavy atom. The number of nitrogens with one attached hydrogen (secondary N) is 1. The molecule has 7 heteroatoms. The van der Waals surface area contributed by atoms with Crippen molar-refractivity contribution in [2.75, 3.05) is 18.4 Å². The number of likely N-dealkylation sites (tertiary alicyclic amines) is 1. The van der Waals surface area contributed by atoms with Crippen molar-refractivity contribution in [1.29, 1.82) is 0 Å². The zero-order chi connectivity index (χ0) is 16.3. The summed E-state index contributed by atoms with van der Waals surface area (Å²) in [4.78, 5) is 18.2. The van der Waals surface area contributed by atoms with E-state index in [1.165, 1.54) is 0 Å². The van der Waals surface area contributed by atoms with Gasteiger partial charge in [0.1, 0.15) is 0 Å². The van der Waals surface area contributed by atoms with Gasteiger partial charge in [0, 0.05) is 0 Å². The number of ether oxygens (including phenoxy) is 1. The first-order valence-electron chi connectivity index (χ1n) is 7.33. The van der Waals surface area contributed by atoms with Gasteiger partial charge in [-0.25, -0.2) is 0 Å². The molecule has 1 atom stereocenters. The van der Waals surface area contributed by atoms with Crippen molar-refractivity contribution in [3.63, 3.8) is 0 Å². The van der Waals surface area contributed by atoms with Crippen LogP contribution in [0.1, 0.15) is 33.6 Å². The number of anilines is 1. The number of piperidine rings is 1. The molecular weight excluding hydrogens is 409 g/mol. The van der Waals surface area contributed by atoms with E-state index in [1.54, 1.807) is 11.1 Å². The third-order valence-electron chi connectivity index (χ3n) is 3.28. The fourth-order valence-electron chi connectivity index (χ4n) is 2.35. The second-order valence-corrected chi connectivity index (χ2v) is 8.26. The van der Waals surface area contributed by atoms with Crippen LogP contribution in [0.4, 0.5) is 10.5 Å². The normalized spacial score (nSPS) is 19.0. The van der Waals surface area contributed by atoms with Crippen LogP contribution in [0.15, 0.2) is 16.9 Å². The van der Waals surface area contributed by atoms with Crippen molar-refractivity contribution < 1.29 is 9.53 Å². The first-order chi connectivity index (χ1) is 10.2. The van der Waals surface area contributed by atoms with Crippen molar-refractivity contribution >= 4 is 48.9 Å². The molecule has 1 N–H and O–H groups in total. The van der Waals surface area contributed by atoms with E-state index in [1.807, 2.05) is 26.8 Å². The van der Waals surface area contributed by atoms with Crippen LogP contribution in [0.5, 0.6) is 0 Å². The molecule has 2 radical (unpaired) electrons. The van der Waals surface area contributed by atoms with Gasteiger partial charge >= 0.3 is 149 Å². The summed E-state index contributed by atoms with van der Waals surface area (Å²) in [5.41, 5.74) is 0.569. The third-order valence-corrected chi connectivity index (χ3v) is 4.46. The maximum absolute atomic E-state index is 12.2. The molecule has 0 bridgehead atoms. The number of aromatic nitrogens is 1. The molecule has 1 aromatic heterocycles. The Labute approximate surface area is 148 Å². The average Bonchev–Trinajstić information content (AvgIpc) is 2.41. The van der Waals surface area contributed by atoms with Crippen molar-refractivity contribution in [1.82, 2.24) is 9.88 Å². The van der Waals surface area contributed by atoms with E-state index >= 15 is 0 Å². The van der Waals surface area contributed by atoms with E-state index in [2.05, 4.69) is 43.1 Å². The molecular formula is C15H21AsBrN3O2. The first-order valence-corrected chi connectivity index (χ1v) is 9.07. The summed E-state index contributed by atoms with van der Waals surface area (Å²) in [6.07, 6.45) is 3.58. The number of carbonyl (C=O) groups excluding carboxylic acids is 1. The van der Waals surface area contributed by atoms with Crippen LogP contribution in [0.3, 0.4) is 0 Å². The Kier molecular flexibility index (Phi) is 5.78. The molecule has 0 spiro atoms. The number of halogens is 1. The van der Waals surface area contributed by atoms with Gasteiger partial charge in [-0.15, -0.1) is 0 Å². The molecule has 1 unspecified atom stereocenters. The van der Waals surface area contributed by atoms with E-state index in [9.17, 15) is 4.79 Å². The average molecular weight is 430 g/mol. The van der Waals surface area contributed by atoms with E-state index in [0.717, 1.165) is 34.0 Å². The maximum atomic E-state index is 12.2. The summed E-state index contributed by atoms with van der Waals surface area (Å²) in [6.45, 7) is 7.07. The second-order valence-electron chi connectivity index (χ2n) is 6.43. The number of hydrogen-bond donors (Lipinski definition) is 1. The summed E-state index contributed by atoms with van der Waals surface area (Å²) in [7, 11) is 0. The molecule has 22 heavy (non-hydrogen) atoms. The number of rotatable bonds is 2. The molecule has 2 rings (SSSR count). The van der Waals surface area contributed by atoms with Crippen LogP contribution in [0, 0.1) is 0 Å². The van der Waals surface area contributed by atoms with Gasteiger partial charge in [0.15, 0.2) is 0 Å². The fourth-order valence-corrected chi connectivity index (χ4v) is 3.07. The van der Waals surface area contributed by atoms with Gasteiger partial charge in [0.2, 0.25) is 0 Å². The zero-order valence-corrected chi connectivity index (χ0v) is 16.6. The summed E-state index contributed by atoms with van der Waals surface area (Å²) >= 11 is 5.90. The monoisotopic (exact) mass is 429 g/mol. The molecule has 1 aromatic rings. The molecule has 0 aliphatic carbocycles. The van der Waals surface area contributed by atoms with E-state index in [-0.39, 0.29) is 12.1 Å². The van der Waals surface area contributed by atoms with Crippen molar-refractivity contribution in [2.45, 2.75) is 45.3 Å². The Morgan fingerprint density at radius 2 is 2.27 bits per heavy atom. The van der Waals surface area contributed by atoms with Crippen LogP contribution in [-0.4, -0.2) is 57.6 Å². The topological polar surface area (TPSA) is 54.5 Å². The van der Waals surface area contributed by atoms with Crippen LogP contribution < -0.4 is 9.67 Å². The van der Waals surface area contributed by atoms with Crippen LogP contribution in [0.2, 0.25) is 0 Å². The van der Waals surface area contributed by atoms with E-state index in [4.69, 9.17) is 4.74 Å². The standard InChI is InChI=1S/C15H21AsBrN3O2/c1-15(2,3)22-14(21)20-6-4-5-10(9-20)19-12-7-13(17)18-8-11(12)16/h7-8,10H,4-6,9H2,1-3H3,(H,18,19). The summed E-state index contributed by atoms with van der Waals surface area (Å²) in [5, 5.41) is 3.50. The molecule has 0 aromatic carbocycles. The second kappa shape index (κ2) is 7.22. The van der Waals surface area contributed by atoms with Crippen LogP contribution in [0.25, 0.3) is 0 Å². The summed E-state index contributed by atoms with van der Waals surface area (Å²) in [6, 6.07) is 2.18. The molecule has 5 nitrogen and oxygen atoms in total. The number of hydrogen-bond acceptors (Lipinski definition) is 4. The minimum atomic E-state index is -0.457. The molecule has 1 aliphatic rings. The SMILES string of the molecule is CC(C)(C)OC(=O)N1CCCC(Nc2cc(Br)ncc2[As])C1. The summed E-state index contributed by atoms with van der Waals surface area (Å²) in [5.74, 6) is 0. The molecule has 1 amide bonds. The van der Waals surface area contributed by atoms with Gasteiger partial charge in [0.05, 0.1) is 0 Å². The Bertz CT molecular complexity index is 548. The van der Waals surface area contributed by atoms with Gasteiger partial charge in [-0.1, -0.05) is 0 Å². The van der Waals surface area contributed by atoms with Gasteiger partial charge in [-0.2, -0.15) is 0 Å². The quantitative estimate of drug-likeness (QED) is 0.579. The van der Waals surface area contributed by atoms with Gasteiger partial charge in [-0.3, -0.25) is 0 Å². The number of carbonyl (C=O) groups is 1. The zero-order valence-electron chi connectivity index (χ0n) is 13.1. The minimum absolute atomic E-state index is 0.221. The fraction of sp³-hybridized carbons (Fsp3) is 0.600. The van der Waals surface area contributed by atoms with E-state index < -0.39 is 5.60 Å². The van der Waals surface area contributed by atoms with Crippen molar-refractivity contribution in [3.8, 4) is 0 Å². The Hall–Kier alpha value is -0.742. The number of pyridine rings is 1. The predicted molar refractivity (Wildman–Crippen MR) is 91.8 cm³/mol.